The van der Waals surface area contributed by atoms with Crippen LogP contribution < -0.4 is 10.6 Å². The zero-order chi connectivity index (χ0) is 18.2. The number of pyridine rings is 1. The highest BCUT2D eigenvalue weighted by Gasteiger charge is 2.15. The minimum Gasteiger partial charge on any atom is -0.381 e. The van der Waals surface area contributed by atoms with Crippen LogP contribution in [0.5, 0.6) is 0 Å². The van der Waals surface area contributed by atoms with Crippen LogP contribution in [0.2, 0.25) is 0 Å². The van der Waals surface area contributed by atoms with E-state index in [1.807, 2.05) is 52.8 Å². The minimum absolute atomic E-state index is 0.400. The van der Waals surface area contributed by atoms with Gasteiger partial charge in [-0.2, -0.15) is 14.6 Å². The van der Waals surface area contributed by atoms with Crippen molar-refractivity contribution in [3.63, 3.8) is 0 Å². The van der Waals surface area contributed by atoms with Gasteiger partial charge in [0.1, 0.15) is 5.82 Å². The van der Waals surface area contributed by atoms with Crippen LogP contribution in [0.3, 0.4) is 0 Å². The number of nitrogens with one attached hydrogen (secondary N) is 2. The molecule has 2 N–H and O–H groups in total. The molecule has 1 aliphatic rings. The van der Waals surface area contributed by atoms with E-state index in [1.54, 1.807) is 0 Å². The average molecular weight is 363 g/mol. The molecule has 4 aromatic rings. The molecule has 0 spiro atoms. The van der Waals surface area contributed by atoms with Gasteiger partial charge in [0.25, 0.3) is 0 Å². The molecule has 8 heteroatoms. The maximum absolute atomic E-state index is 5.44. The summed E-state index contributed by atoms with van der Waals surface area (Å²) in [5, 5.41) is 16.9. The van der Waals surface area contributed by atoms with Gasteiger partial charge < -0.3 is 15.4 Å². The van der Waals surface area contributed by atoms with Crippen molar-refractivity contribution in [2.45, 2.75) is 18.9 Å². The molecule has 0 aliphatic carbocycles. The quantitative estimate of drug-likeness (QED) is 0.580. The molecule has 138 valence electrons. The van der Waals surface area contributed by atoms with Gasteiger partial charge in [0.05, 0.1) is 11.7 Å². The van der Waals surface area contributed by atoms with Crippen LogP contribution in [0.4, 0.5) is 17.5 Å². The molecule has 0 radical (unpaired) electrons. The number of hydrogen-bond donors (Lipinski definition) is 2. The van der Waals surface area contributed by atoms with Gasteiger partial charge in [-0.25, -0.2) is 0 Å². The van der Waals surface area contributed by atoms with Crippen LogP contribution >= 0.6 is 0 Å². The third-order valence-electron chi connectivity index (χ3n) is 4.94. The summed E-state index contributed by atoms with van der Waals surface area (Å²) in [6.07, 6.45) is 3.86. The number of anilines is 3. The van der Waals surface area contributed by atoms with Gasteiger partial charge in [0, 0.05) is 37.4 Å². The molecule has 0 unspecified atom stereocenters. The second-order valence-electron chi connectivity index (χ2n) is 6.81. The van der Waals surface area contributed by atoms with Gasteiger partial charge >= 0.3 is 0 Å². The van der Waals surface area contributed by atoms with Crippen LogP contribution in [0.15, 0.2) is 42.6 Å². The summed E-state index contributed by atoms with van der Waals surface area (Å²) >= 11 is 0. The van der Waals surface area contributed by atoms with Crippen molar-refractivity contribution in [3.8, 4) is 0 Å². The van der Waals surface area contributed by atoms with Crippen molar-refractivity contribution in [3.05, 3.63) is 42.6 Å². The largest absolute Gasteiger partial charge is 0.381 e. The monoisotopic (exact) mass is 363 g/mol. The molecular weight excluding hydrogens is 342 g/mol. The molecule has 0 atom stereocenters. The first-order valence-corrected chi connectivity index (χ1v) is 9.15. The number of aromatic nitrogens is 5. The molecule has 8 nitrogen and oxygen atoms in total. The van der Waals surface area contributed by atoms with E-state index in [2.05, 4.69) is 31.9 Å². The van der Waals surface area contributed by atoms with Crippen molar-refractivity contribution in [1.82, 2.24) is 24.4 Å². The lowest BCUT2D eigenvalue weighted by molar-refractivity contribution is 0.0903. The molecule has 0 amide bonds. The van der Waals surface area contributed by atoms with Gasteiger partial charge in [0.15, 0.2) is 5.65 Å². The highest BCUT2D eigenvalue weighted by molar-refractivity contribution is 5.83. The fourth-order valence-electron chi connectivity index (χ4n) is 3.47. The summed E-state index contributed by atoms with van der Waals surface area (Å²) in [7, 11) is 1.93. The van der Waals surface area contributed by atoms with Gasteiger partial charge in [0.2, 0.25) is 5.95 Å². The Kier molecular flexibility index (Phi) is 3.90. The molecule has 0 bridgehead atoms. The van der Waals surface area contributed by atoms with Crippen LogP contribution in [0.1, 0.15) is 12.8 Å². The second-order valence-corrected chi connectivity index (χ2v) is 6.81. The Balaban J connectivity index is 1.43. The van der Waals surface area contributed by atoms with Crippen molar-refractivity contribution in [2.24, 2.45) is 7.05 Å². The highest BCUT2D eigenvalue weighted by Crippen LogP contribution is 2.22. The zero-order valence-electron chi connectivity index (χ0n) is 15.1. The number of nitrogens with zero attached hydrogens (tertiary/aromatic N) is 5. The molecule has 27 heavy (non-hydrogen) atoms. The lowest BCUT2D eigenvalue weighted by atomic mass is 10.1. The standard InChI is InChI=1S/C19H21N7O/c1-25-16-11-15(6-5-13(16)12-20-25)22-19-23-18-4-2-3-17(26(18)24-19)21-14-7-9-27-10-8-14/h2-6,11-12,14,21H,7-10H2,1H3,(H,22,24). The molecule has 1 saturated heterocycles. The topological polar surface area (TPSA) is 81.3 Å². The van der Waals surface area contributed by atoms with E-state index in [0.29, 0.717) is 12.0 Å². The Labute approximate surface area is 156 Å². The van der Waals surface area contributed by atoms with Crippen molar-refractivity contribution >= 4 is 34.0 Å². The summed E-state index contributed by atoms with van der Waals surface area (Å²) in [4.78, 5) is 4.61. The van der Waals surface area contributed by atoms with E-state index in [-0.39, 0.29) is 0 Å². The fraction of sp³-hybridized carbons (Fsp3) is 0.316. The first kappa shape index (κ1) is 16.1. The van der Waals surface area contributed by atoms with Crippen LogP contribution in [-0.2, 0) is 11.8 Å². The Morgan fingerprint density at radius 2 is 2.04 bits per heavy atom. The molecule has 4 heterocycles. The van der Waals surface area contributed by atoms with Gasteiger partial charge in [-0.15, -0.1) is 5.10 Å². The molecule has 5 rings (SSSR count). The number of ether oxygens (including phenoxy) is 1. The number of benzene rings is 1. The first-order valence-electron chi connectivity index (χ1n) is 9.15. The zero-order valence-corrected chi connectivity index (χ0v) is 15.1. The van der Waals surface area contributed by atoms with Crippen molar-refractivity contribution in [1.29, 1.82) is 0 Å². The van der Waals surface area contributed by atoms with E-state index in [1.165, 1.54) is 0 Å². The molecule has 3 aromatic heterocycles. The van der Waals surface area contributed by atoms with E-state index < -0.39 is 0 Å². The van der Waals surface area contributed by atoms with Crippen LogP contribution in [-0.4, -0.2) is 43.6 Å². The first-order chi connectivity index (χ1) is 13.3. The number of fused-ring (bicyclic) bond motifs is 2. The van der Waals surface area contributed by atoms with Crippen molar-refractivity contribution in [2.75, 3.05) is 23.8 Å². The molecular formula is C19H21N7O. The molecule has 0 saturated carbocycles. The number of hydrogen-bond acceptors (Lipinski definition) is 6. The summed E-state index contributed by atoms with van der Waals surface area (Å²) in [5.74, 6) is 1.51. The third kappa shape index (κ3) is 3.08. The van der Waals surface area contributed by atoms with Gasteiger partial charge in [-0.1, -0.05) is 6.07 Å². The highest BCUT2D eigenvalue weighted by atomic mass is 16.5. The SMILES string of the molecule is Cn1ncc2ccc(Nc3nc4cccc(NC5CCOCC5)n4n3)cc21. The summed E-state index contributed by atoms with van der Waals surface area (Å²) in [5.41, 5.74) is 2.79. The Hall–Kier alpha value is -3.13. The summed E-state index contributed by atoms with van der Waals surface area (Å²) in [6.45, 7) is 1.60. The summed E-state index contributed by atoms with van der Waals surface area (Å²) in [6, 6.07) is 12.5. The number of aryl methyl sites for hydroxylation is 1. The lowest BCUT2D eigenvalue weighted by Gasteiger charge is -2.24. The molecule has 1 fully saturated rings. The third-order valence-corrected chi connectivity index (χ3v) is 4.94. The smallest absolute Gasteiger partial charge is 0.247 e. The molecule has 1 aliphatic heterocycles. The normalized spacial score (nSPS) is 15.4. The van der Waals surface area contributed by atoms with Crippen LogP contribution in [0.25, 0.3) is 16.6 Å². The second kappa shape index (κ2) is 6.55. The van der Waals surface area contributed by atoms with E-state index >= 15 is 0 Å². The van der Waals surface area contributed by atoms with E-state index in [0.717, 1.165) is 54.1 Å². The van der Waals surface area contributed by atoms with E-state index in [4.69, 9.17) is 4.74 Å². The van der Waals surface area contributed by atoms with Crippen molar-refractivity contribution < 1.29 is 4.74 Å². The molecule has 1 aromatic carbocycles. The Morgan fingerprint density at radius 3 is 2.93 bits per heavy atom. The fourth-order valence-corrected chi connectivity index (χ4v) is 3.47. The lowest BCUT2D eigenvalue weighted by Crippen LogP contribution is -2.28. The van der Waals surface area contributed by atoms with Gasteiger partial charge in [-0.3, -0.25) is 4.68 Å². The number of rotatable bonds is 4. The predicted molar refractivity (Wildman–Crippen MR) is 104 cm³/mol. The maximum atomic E-state index is 5.44. The maximum Gasteiger partial charge on any atom is 0.247 e. The average Bonchev–Trinajstić information content (AvgIpc) is 3.27. The van der Waals surface area contributed by atoms with Gasteiger partial charge in [-0.05, 0) is 43.2 Å². The summed E-state index contributed by atoms with van der Waals surface area (Å²) < 4.78 is 9.14. The van der Waals surface area contributed by atoms with Crippen LogP contribution in [0, 0.1) is 0 Å². The van der Waals surface area contributed by atoms with E-state index in [9.17, 15) is 0 Å². The predicted octanol–water partition coefficient (Wildman–Crippen LogP) is 2.95. The minimum atomic E-state index is 0.400. The Morgan fingerprint density at radius 1 is 1.15 bits per heavy atom. The Bertz CT molecular complexity index is 1090.